The maximum Gasteiger partial charge on any atom is 0.303 e. The number of halogens is 1. The molecule has 0 fully saturated rings. The lowest BCUT2D eigenvalue weighted by Gasteiger charge is -2.21. The molecule has 0 heterocycles. The first-order chi connectivity index (χ1) is 8.82. The number of aliphatic carboxylic acids is 1. The van der Waals surface area contributed by atoms with Crippen molar-refractivity contribution in [2.75, 3.05) is 18.5 Å². The van der Waals surface area contributed by atoms with Crippen LogP contribution in [0.4, 0.5) is 11.4 Å². The Morgan fingerprint density at radius 2 is 2.16 bits per heavy atom. The smallest absolute Gasteiger partial charge is 0.303 e. The number of hydrogen-bond donors (Lipinski definition) is 1. The molecule has 0 unspecified atom stereocenters. The van der Waals surface area contributed by atoms with Gasteiger partial charge in [0.05, 0.1) is 4.92 Å². The van der Waals surface area contributed by atoms with Crippen molar-refractivity contribution in [3.05, 3.63) is 32.8 Å². The minimum Gasteiger partial charge on any atom is -0.481 e. The van der Waals surface area contributed by atoms with Crippen molar-refractivity contribution in [1.29, 1.82) is 0 Å². The molecule has 1 aromatic rings. The number of benzene rings is 1. The summed E-state index contributed by atoms with van der Waals surface area (Å²) in [5.41, 5.74) is 1.37. The van der Waals surface area contributed by atoms with Crippen LogP contribution in [0, 0.1) is 17.0 Å². The SMILES string of the molecule is Cc1cc([N+](=O)[O-])c(Cl)cc1N(C)CCCC(=O)O. The van der Waals surface area contributed by atoms with E-state index < -0.39 is 10.9 Å². The molecule has 6 nitrogen and oxygen atoms in total. The van der Waals surface area contributed by atoms with Gasteiger partial charge in [-0.3, -0.25) is 14.9 Å². The van der Waals surface area contributed by atoms with E-state index in [1.807, 2.05) is 4.90 Å². The number of carboxylic acid groups (broad SMARTS) is 1. The molecular weight excluding hydrogens is 272 g/mol. The summed E-state index contributed by atoms with van der Waals surface area (Å²) in [6, 6.07) is 2.96. The van der Waals surface area contributed by atoms with Crippen LogP contribution in [-0.2, 0) is 4.79 Å². The number of nitrogens with zero attached hydrogens (tertiary/aromatic N) is 2. The van der Waals surface area contributed by atoms with Crippen molar-refractivity contribution in [1.82, 2.24) is 0 Å². The highest BCUT2D eigenvalue weighted by Gasteiger charge is 2.16. The van der Waals surface area contributed by atoms with Crippen molar-refractivity contribution in [3.63, 3.8) is 0 Å². The van der Waals surface area contributed by atoms with Crippen LogP contribution in [-0.4, -0.2) is 29.6 Å². The van der Waals surface area contributed by atoms with Gasteiger partial charge in [-0.1, -0.05) is 11.6 Å². The molecule has 0 saturated carbocycles. The Bertz CT molecular complexity index is 505. The molecule has 1 aromatic carbocycles. The Morgan fingerprint density at radius 1 is 1.53 bits per heavy atom. The largest absolute Gasteiger partial charge is 0.481 e. The zero-order valence-corrected chi connectivity index (χ0v) is 11.5. The van der Waals surface area contributed by atoms with Crippen LogP contribution in [0.5, 0.6) is 0 Å². The highest BCUT2D eigenvalue weighted by molar-refractivity contribution is 6.33. The molecule has 0 aliphatic carbocycles. The summed E-state index contributed by atoms with van der Waals surface area (Å²) in [6.07, 6.45) is 0.587. The number of carbonyl (C=O) groups is 1. The van der Waals surface area contributed by atoms with Crippen LogP contribution in [0.3, 0.4) is 0 Å². The fraction of sp³-hybridized carbons (Fsp3) is 0.417. The van der Waals surface area contributed by atoms with Crippen LogP contribution >= 0.6 is 11.6 Å². The number of rotatable bonds is 6. The fourth-order valence-electron chi connectivity index (χ4n) is 1.79. The quantitative estimate of drug-likeness (QED) is 0.642. The number of nitro benzene ring substituents is 1. The molecule has 0 bridgehead atoms. The molecule has 0 amide bonds. The van der Waals surface area contributed by atoms with Gasteiger partial charge in [-0.05, 0) is 25.0 Å². The summed E-state index contributed by atoms with van der Waals surface area (Å²) in [7, 11) is 1.80. The van der Waals surface area contributed by atoms with Crippen LogP contribution in [0.15, 0.2) is 12.1 Å². The molecule has 0 aromatic heterocycles. The summed E-state index contributed by atoms with van der Waals surface area (Å²) < 4.78 is 0. The van der Waals surface area contributed by atoms with Gasteiger partial charge in [0.25, 0.3) is 5.69 Å². The average molecular weight is 287 g/mol. The third kappa shape index (κ3) is 4.10. The highest BCUT2D eigenvalue weighted by Crippen LogP contribution is 2.32. The Hall–Kier alpha value is -1.82. The monoisotopic (exact) mass is 286 g/mol. The van der Waals surface area contributed by atoms with E-state index in [0.29, 0.717) is 13.0 Å². The second kappa shape index (κ2) is 6.38. The molecular formula is C12H15ClN2O4. The van der Waals surface area contributed by atoms with Gasteiger partial charge in [0.1, 0.15) is 5.02 Å². The molecule has 0 aliphatic heterocycles. The van der Waals surface area contributed by atoms with Gasteiger partial charge < -0.3 is 10.0 Å². The van der Waals surface area contributed by atoms with Gasteiger partial charge >= 0.3 is 5.97 Å². The minimum atomic E-state index is -0.841. The number of anilines is 1. The summed E-state index contributed by atoms with van der Waals surface area (Å²) in [6.45, 7) is 2.30. The van der Waals surface area contributed by atoms with Crippen molar-refractivity contribution >= 4 is 28.9 Å². The molecule has 7 heteroatoms. The summed E-state index contributed by atoms with van der Waals surface area (Å²) in [5.74, 6) is -0.841. The lowest BCUT2D eigenvalue weighted by molar-refractivity contribution is -0.384. The van der Waals surface area contributed by atoms with Crippen molar-refractivity contribution in [2.24, 2.45) is 0 Å². The Kier molecular flexibility index (Phi) is 5.11. The summed E-state index contributed by atoms with van der Waals surface area (Å²) in [4.78, 5) is 22.5. The standard InChI is InChI=1S/C12H15ClN2O4/c1-8-6-11(15(18)19)9(13)7-10(8)14(2)5-3-4-12(16)17/h6-7H,3-5H2,1-2H3,(H,16,17). The molecule has 0 radical (unpaired) electrons. The highest BCUT2D eigenvalue weighted by atomic mass is 35.5. The third-order valence-electron chi connectivity index (χ3n) is 2.76. The summed E-state index contributed by atoms with van der Waals surface area (Å²) >= 11 is 5.86. The predicted molar refractivity (Wildman–Crippen MR) is 73.0 cm³/mol. The second-order valence-corrected chi connectivity index (χ2v) is 4.67. The zero-order valence-electron chi connectivity index (χ0n) is 10.7. The third-order valence-corrected chi connectivity index (χ3v) is 3.06. The van der Waals surface area contributed by atoms with Gasteiger partial charge in [0.15, 0.2) is 0 Å². The lowest BCUT2D eigenvalue weighted by atomic mass is 10.1. The molecule has 1 N–H and O–H groups in total. The topological polar surface area (TPSA) is 83.7 Å². The van der Waals surface area contributed by atoms with Crippen LogP contribution in [0.1, 0.15) is 18.4 Å². The van der Waals surface area contributed by atoms with E-state index in [4.69, 9.17) is 16.7 Å². The van der Waals surface area contributed by atoms with Gasteiger partial charge in [-0.25, -0.2) is 0 Å². The summed E-state index contributed by atoms with van der Waals surface area (Å²) in [5, 5.41) is 19.4. The van der Waals surface area contributed by atoms with E-state index in [2.05, 4.69) is 0 Å². The second-order valence-electron chi connectivity index (χ2n) is 4.27. The Balaban J connectivity index is 2.86. The van der Waals surface area contributed by atoms with Crippen LogP contribution in [0.2, 0.25) is 5.02 Å². The molecule has 0 spiro atoms. The minimum absolute atomic E-state index is 0.0793. The van der Waals surface area contributed by atoms with E-state index in [1.165, 1.54) is 12.1 Å². The van der Waals surface area contributed by atoms with Crippen molar-refractivity contribution in [3.8, 4) is 0 Å². The van der Waals surface area contributed by atoms with Gasteiger partial charge in [-0.2, -0.15) is 0 Å². The number of nitro groups is 1. The lowest BCUT2D eigenvalue weighted by Crippen LogP contribution is -2.20. The van der Waals surface area contributed by atoms with E-state index >= 15 is 0 Å². The maximum absolute atomic E-state index is 10.7. The average Bonchev–Trinajstić information content (AvgIpc) is 2.30. The van der Waals surface area contributed by atoms with Gasteiger partial charge in [-0.15, -0.1) is 0 Å². The Labute approximate surface area is 115 Å². The fourth-order valence-corrected chi connectivity index (χ4v) is 2.02. The molecule has 1 rings (SSSR count). The van der Waals surface area contributed by atoms with Gasteiger partial charge in [0.2, 0.25) is 0 Å². The van der Waals surface area contributed by atoms with E-state index in [1.54, 1.807) is 14.0 Å². The van der Waals surface area contributed by atoms with Crippen LogP contribution in [0.25, 0.3) is 0 Å². The predicted octanol–water partition coefficient (Wildman–Crippen LogP) is 2.86. The van der Waals surface area contributed by atoms with E-state index in [9.17, 15) is 14.9 Å². The first-order valence-corrected chi connectivity index (χ1v) is 6.08. The normalized spacial score (nSPS) is 10.3. The van der Waals surface area contributed by atoms with Crippen molar-refractivity contribution in [2.45, 2.75) is 19.8 Å². The molecule has 19 heavy (non-hydrogen) atoms. The first kappa shape index (κ1) is 15.2. The first-order valence-electron chi connectivity index (χ1n) is 5.70. The number of carboxylic acids is 1. The zero-order chi connectivity index (χ0) is 14.6. The van der Waals surface area contributed by atoms with E-state index in [-0.39, 0.29) is 17.1 Å². The van der Waals surface area contributed by atoms with Crippen molar-refractivity contribution < 1.29 is 14.8 Å². The maximum atomic E-state index is 10.7. The Morgan fingerprint density at radius 3 is 2.68 bits per heavy atom. The van der Waals surface area contributed by atoms with E-state index in [0.717, 1.165) is 11.3 Å². The van der Waals surface area contributed by atoms with Gasteiger partial charge in [0, 0.05) is 31.8 Å². The van der Waals surface area contributed by atoms with Crippen LogP contribution < -0.4 is 4.90 Å². The molecule has 104 valence electrons. The number of aryl methyl sites for hydroxylation is 1. The molecule has 0 saturated heterocycles. The molecule has 0 atom stereocenters. The molecule has 0 aliphatic rings. The number of hydrogen-bond acceptors (Lipinski definition) is 4.